The second-order valence-electron chi connectivity index (χ2n) is 10.3. The molecule has 6 rings (SSSR count). The van der Waals surface area contributed by atoms with Gasteiger partial charge in [0.2, 0.25) is 5.56 Å². The van der Waals surface area contributed by atoms with Crippen molar-refractivity contribution in [2.75, 3.05) is 19.6 Å². The molecular formula is C27H29ClN6O4S2. The first-order valence-electron chi connectivity index (χ1n) is 13.2. The van der Waals surface area contributed by atoms with E-state index in [0.29, 0.717) is 46.5 Å². The van der Waals surface area contributed by atoms with Gasteiger partial charge in [0.25, 0.3) is 15.9 Å². The number of halogens is 1. The second kappa shape index (κ2) is 10.7. The highest BCUT2D eigenvalue weighted by Crippen LogP contribution is 2.29. The van der Waals surface area contributed by atoms with Crippen LogP contribution in [0.2, 0.25) is 5.02 Å². The molecule has 4 aromatic rings. The Balaban J connectivity index is 1.28. The van der Waals surface area contributed by atoms with Crippen molar-refractivity contribution in [1.82, 2.24) is 29.1 Å². The zero-order valence-electron chi connectivity index (χ0n) is 21.8. The molecule has 2 unspecified atom stereocenters. The molecule has 1 saturated heterocycles. The maximum atomic E-state index is 13.8. The molecule has 0 saturated carbocycles. The van der Waals surface area contributed by atoms with E-state index in [9.17, 15) is 18.0 Å². The first-order chi connectivity index (χ1) is 19.2. The van der Waals surface area contributed by atoms with Crippen molar-refractivity contribution in [3.05, 3.63) is 79.6 Å². The van der Waals surface area contributed by atoms with Crippen LogP contribution in [0.3, 0.4) is 0 Å². The molecule has 2 aliphatic heterocycles. The molecule has 1 aromatic carbocycles. The van der Waals surface area contributed by atoms with Gasteiger partial charge in [-0.1, -0.05) is 17.7 Å². The van der Waals surface area contributed by atoms with Crippen molar-refractivity contribution < 1.29 is 13.2 Å². The van der Waals surface area contributed by atoms with E-state index in [-0.39, 0.29) is 36.1 Å². The van der Waals surface area contributed by atoms with Crippen LogP contribution in [-0.2, 0) is 29.5 Å². The number of carbonyl (C=O) groups is 1. The highest BCUT2D eigenvalue weighted by molar-refractivity contribution is 7.89. The number of H-pyrrole nitrogens is 1. The average Bonchev–Trinajstić information content (AvgIpc) is 3.56. The molecule has 0 bridgehead atoms. The molecular weight excluding hydrogens is 572 g/mol. The van der Waals surface area contributed by atoms with Gasteiger partial charge in [-0.3, -0.25) is 9.59 Å². The smallest absolute Gasteiger partial charge is 0.283 e. The predicted octanol–water partition coefficient (Wildman–Crippen LogP) is 3.08. The maximum absolute atomic E-state index is 13.8. The normalized spacial score (nSPS) is 20.1. The fourth-order valence-corrected chi connectivity index (χ4v) is 8.03. The largest absolute Gasteiger partial charge is 0.345 e. The van der Waals surface area contributed by atoms with E-state index in [4.69, 9.17) is 11.6 Å². The lowest BCUT2D eigenvalue weighted by Gasteiger charge is -2.40. The van der Waals surface area contributed by atoms with Crippen LogP contribution in [0.25, 0.3) is 10.9 Å². The molecule has 1 amide bonds. The van der Waals surface area contributed by atoms with E-state index < -0.39 is 16.1 Å². The number of aromatic nitrogens is 3. The number of hydrogen-bond donors (Lipinski definition) is 2. The van der Waals surface area contributed by atoms with Crippen LogP contribution in [0.1, 0.15) is 33.7 Å². The van der Waals surface area contributed by atoms with Gasteiger partial charge >= 0.3 is 0 Å². The number of thiazole rings is 1. The maximum Gasteiger partial charge on any atom is 0.283 e. The first-order valence-corrected chi connectivity index (χ1v) is 15.8. The van der Waals surface area contributed by atoms with Crippen LogP contribution in [0.4, 0.5) is 0 Å². The van der Waals surface area contributed by atoms with Crippen molar-refractivity contribution in [3.63, 3.8) is 0 Å². The molecule has 0 aliphatic carbocycles. The predicted molar refractivity (Wildman–Crippen MR) is 154 cm³/mol. The summed E-state index contributed by atoms with van der Waals surface area (Å²) in [6, 6.07) is 11.5. The molecule has 0 radical (unpaired) electrons. The van der Waals surface area contributed by atoms with E-state index in [1.54, 1.807) is 52.1 Å². The summed E-state index contributed by atoms with van der Waals surface area (Å²) >= 11 is 7.50. The summed E-state index contributed by atoms with van der Waals surface area (Å²) in [7, 11) is -3.88. The van der Waals surface area contributed by atoms with Gasteiger partial charge in [0.15, 0.2) is 5.01 Å². The lowest BCUT2D eigenvalue weighted by molar-refractivity contribution is 0.0542. The van der Waals surface area contributed by atoms with Crippen LogP contribution in [0.15, 0.2) is 58.5 Å². The number of rotatable bonds is 6. The summed E-state index contributed by atoms with van der Waals surface area (Å²) in [6.07, 6.45) is 2.87. The number of fused-ring (bicyclic) bond motifs is 2. The van der Waals surface area contributed by atoms with Gasteiger partial charge in [0, 0.05) is 84.3 Å². The fourth-order valence-electron chi connectivity index (χ4n) is 5.37. The van der Waals surface area contributed by atoms with Gasteiger partial charge in [0.05, 0.1) is 5.69 Å². The van der Waals surface area contributed by atoms with Gasteiger partial charge in [-0.15, -0.1) is 11.3 Å². The second-order valence-corrected chi connectivity index (χ2v) is 13.7. The standard InChI is InChI=1S/C27H29ClN6O4S2/c1-17-12-22-23(15-29-17)39-26(31-22)27(36)34-11-10-33(16-20(34)7-9-32-8-3-2-4-25(32)35)40(37,38)24-14-18-13-19(28)5-6-21(18)30-24/h2-6,8,13-14,17,20,29-30H,7,9-12,15-16H2,1H3. The van der Waals surface area contributed by atoms with Gasteiger partial charge in [0.1, 0.15) is 5.03 Å². The zero-order valence-corrected chi connectivity index (χ0v) is 24.2. The minimum Gasteiger partial charge on any atom is -0.345 e. The molecule has 3 aromatic heterocycles. The van der Waals surface area contributed by atoms with Crippen molar-refractivity contribution in [3.8, 4) is 0 Å². The van der Waals surface area contributed by atoms with Crippen LogP contribution in [0, 0.1) is 0 Å². The number of sulfonamides is 1. The number of benzene rings is 1. The highest BCUT2D eigenvalue weighted by Gasteiger charge is 2.38. The third-order valence-corrected chi connectivity index (χ3v) is 10.7. The number of nitrogens with one attached hydrogen (secondary N) is 2. The molecule has 5 heterocycles. The molecule has 2 aliphatic rings. The Labute approximate surface area is 240 Å². The van der Waals surface area contributed by atoms with Crippen LogP contribution in [-0.4, -0.2) is 69.8 Å². The number of nitrogens with zero attached hydrogens (tertiary/aromatic N) is 4. The Kier molecular flexibility index (Phi) is 7.30. The third kappa shape index (κ3) is 5.21. The molecule has 40 heavy (non-hydrogen) atoms. The van der Waals surface area contributed by atoms with Crippen LogP contribution < -0.4 is 10.9 Å². The number of aromatic amines is 1. The lowest BCUT2D eigenvalue weighted by atomic mass is 10.1. The summed E-state index contributed by atoms with van der Waals surface area (Å²) in [4.78, 5) is 36.6. The monoisotopic (exact) mass is 600 g/mol. The number of aryl methyl sites for hydroxylation is 1. The van der Waals surface area contributed by atoms with Crippen molar-refractivity contribution >= 4 is 49.8 Å². The van der Waals surface area contributed by atoms with Crippen molar-refractivity contribution in [2.24, 2.45) is 0 Å². The molecule has 0 spiro atoms. The van der Waals surface area contributed by atoms with E-state index in [1.807, 2.05) is 0 Å². The number of hydrogen-bond acceptors (Lipinski definition) is 7. The summed E-state index contributed by atoms with van der Waals surface area (Å²) in [5.74, 6) is -0.199. The minimum atomic E-state index is -3.88. The molecule has 10 nitrogen and oxygen atoms in total. The third-order valence-electron chi connectivity index (χ3n) is 7.56. The summed E-state index contributed by atoms with van der Waals surface area (Å²) in [5, 5.41) is 5.13. The molecule has 210 valence electrons. The van der Waals surface area contributed by atoms with Crippen molar-refractivity contribution in [1.29, 1.82) is 0 Å². The Morgan fingerprint density at radius 1 is 1.20 bits per heavy atom. The summed E-state index contributed by atoms with van der Waals surface area (Å²) < 4.78 is 30.4. The van der Waals surface area contributed by atoms with Crippen molar-refractivity contribution in [2.45, 2.75) is 50.0 Å². The Bertz CT molecular complexity index is 1750. The number of amides is 1. The minimum absolute atomic E-state index is 0.0804. The van der Waals surface area contributed by atoms with Gasteiger partial charge < -0.3 is 19.8 Å². The Morgan fingerprint density at radius 3 is 2.88 bits per heavy atom. The Morgan fingerprint density at radius 2 is 2.05 bits per heavy atom. The fraction of sp³-hybridized carbons (Fsp3) is 0.370. The number of carbonyl (C=O) groups excluding carboxylic acids is 1. The Hall–Kier alpha value is -3.03. The van der Waals surface area contributed by atoms with Crippen LogP contribution >= 0.6 is 22.9 Å². The molecule has 13 heteroatoms. The number of pyridine rings is 1. The molecule has 1 fully saturated rings. The SMILES string of the molecule is CC1Cc2nc(C(=O)N3CCN(S(=O)(=O)c4cc5cc(Cl)ccc5[nH]4)CC3CCn3ccccc3=O)sc2CN1. The lowest BCUT2D eigenvalue weighted by Crippen LogP contribution is -2.56. The first kappa shape index (κ1) is 27.2. The van der Waals surface area contributed by atoms with E-state index in [1.165, 1.54) is 21.7 Å². The van der Waals surface area contributed by atoms with Gasteiger partial charge in [-0.05, 0) is 43.7 Å². The van der Waals surface area contributed by atoms with Crippen LogP contribution in [0.5, 0.6) is 0 Å². The zero-order chi connectivity index (χ0) is 28.0. The topological polar surface area (TPSA) is 120 Å². The highest BCUT2D eigenvalue weighted by atomic mass is 35.5. The van der Waals surface area contributed by atoms with E-state index in [2.05, 4.69) is 22.2 Å². The molecule has 2 atom stereocenters. The quantitative estimate of drug-likeness (QED) is 0.351. The van der Waals surface area contributed by atoms with E-state index >= 15 is 0 Å². The summed E-state index contributed by atoms with van der Waals surface area (Å²) in [5.41, 5.74) is 1.48. The van der Waals surface area contributed by atoms with Gasteiger partial charge in [-0.25, -0.2) is 13.4 Å². The average molecular weight is 601 g/mol. The van der Waals surface area contributed by atoms with E-state index in [0.717, 1.165) is 17.0 Å². The van der Waals surface area contributed by atoms with Gasteiger partial charge in [-0.2, -0.15) is 4.31 Å². The molecule has 2 N–H and O–H groups in total. The summed E-state index contributed by atoms with van der Waals surface area (Å²) in [6.45, 7) is 3.60. The number of piperazine rings is 1.